The van der Waals surface area contributed by atoms with Gasteiger partial charge in [0.05, 0.1) is 18.0 Å². The average Bonchev–Trinajstić information content (AvgIpc) is 3.82. The quantitative estimate of drug-likeness (QED) is 0.0862. The number of carbonyl (C=O) groups excluding carboxylic acids is 2. The Kier molecular flexibility index (Phi) is 11.7. The van der Waals surface area contributed by atoms with Crippen LogP contribution in [0.1, 0.15) is 47.8 Å². The number of β-lactam (4-membered cyclic amide) rings is 1. The predicted octanol–water partition coefficient (Wildman–Crippen LogP) is 1.83. The summed E-state index contributed by atoms with van der Waals surface area (Å²) in [6, 6.07) is 0.606. The number of aromatic nitrogens is 2. The molecule has 2 amide bonds. The molecule has 8 rings (SSSR count). The zero-order valence-corrected chi connectivity index (χ0v) is 33.0. The highest BCUT2D eigenvalue weighted by Crippen LogP contribution is 2.45. The van der Waals surface area contributed by atoms with Crippen molar-refractivity contribution in [3.8, 4) is 5.75 Å². The monoisotopic (exact) mass is 854 g/mol. The number of piperidine rings is 1. The lowest BCUT2D eigenvalue weighted by molar-refractivity contribution is -0.150. The molecular weight excluding hydrogens is 816 g/mol. The molecular formula is C37H39FN8O11S2. The molecule has 22 heteroatoms. The third kappa shape index (κ3) is 7.93. The van der Waals surface area contributed by atoms with E-state index in [2.05, 4.69) is 32.2 Å². The third-order valence-electron chi connectivity index (χ3n) is 10.5. The molecule has 1 aliphatic carbocycles. The summed E-state index contributed by atoms with van der Waals surface area (Å²) < 4.78 is 22.8. The van der Waals surface area contributed by atoms with Gasteiger partial charge in [0.25, 0.3) is 11.8 Å². The van der Waals surface area contributed by atoms with Crippen LogP contribution < -0.4 is 31.4 Å². The lowest BCUT2D eigenvalue weighted by Gasteiger charge is -2.49. The molecule has 4 fully saturated rings. The van der Waals surface area contributed by atoms with Crippen molar-refractivity contribution >= 4 is 80.3 Å². The maximum atomic E-state index is 15.3. The highest BCUT2D eigenvalue weighted by atomic mass is 32.2. The number of carbonyl (C=O) groups is 5. The van der Waals surface area contributed by atoms with E-state index in [1.807, 2.05) is 4.90 Å². The van der Waals surface area contributed by atoms with E-state index in [9.17, 15) is 39.0 Å². The van der Waals surface area contributed by atoms with Gasteiger partial charge in [-0.2, -0.15) is 0 Å². The number of amides is 2. The largest absolute Gasteiger partial charge is 0.492 e. The number of pyridine rings is 1. The molecule has 7 N–H and O–H groups in total. The van der Waals surface area contributed by atoms with Crippen molar-refractivity contribution in [2.24, 2.45) is 11.1 Å². The van der Waals surface area contributed by atoms with E-state index in [4.69, 9.17) is 15.6 Å². The number of methoxy groups -OCH3 is 1. The molecule has 2 aromatic heterocycles. The third-order valence-corrected chi connectivity index (χ3v) is 12.5. The first-order valence-electron chi connectivity index (χ1n) is 18.4. The topological polar surface area (TPSA) is 268 Å². The molecule has 4 atom stereocenters. The number of carboxylic acid groups (broad SMARTS) is 3. The molecule has 0 spiro atoms. The number of nitrogens with one attached hydrogen (secondary N) is 2. The van der Waals surface area contributed by atoms with Gasteiger partial charge in [0.2, 0.25) is 12.0 Å². The Morgan fingerprint density at radius 1 is 1.17 bits per heavy atom. The standard InChI is InChI=1S/C21H24FN3O4.C16H15N5O7S2/c1-29-20-17-13(19(26)14(21(27)28)9-25(17)12-4-5-12)7-15(22)18(20)24-8-11-3-2-6-23-16(11)10-24;1-2-6-4-29-14-10(13(25)21(14)11(6)15(26)27)19-12(24)9(20-28-3-8(22)23)7-5-30-16(17)18-7/h7,9,11-12,16,23H,2-6,8,10H2,1H3,(H,27,28);2,5,10,14H,1,3-4H2,(H2,17,18)(H,19,24)(H,22,23)(H,26,27)/b;20-9-/t11-,16+;10-,14-/m01/s1. The van der Waals surface area contributed by atoms with Crippen LogP contribution in [-0.4, -0.2) is 122 Å². The number of rotatable bonds is 12. The van der Waals surface area contributed by atoms with Gasteiger partial charge in [-0.05, 0) is 49.8 Å². The number of hydrogen-bond acceptors (Lipinski definition) is 15. The highest BCUT2D eigenvalue weighted by molar-refractivity contribution is 8.00. The summed E-state index contributed by atoms with van der Waals surface area (Å²) in [6.45, 7) is 5.17. The number of aromatic carboxylic acids is 1. The van der Waals surface area contributed by atoms with Crippen molar-refractivity contribution in [1.82, 2.24) is 25.1 Å². The fourth-order valence-electron chi connectivity index (χ4n) is 7.72. The number of carboxylic acids is 3. The number of thioether (sulfide) groups is 1. The average molecular weight is 855 g/mol. The summed E-state index contributed by atoms with van der Waals surface area (Å²) in [4.78, 5) is 83.5. The minimum absolute atomic E-state index is 0.0420. The second kappa shape index (κ2) is 16.7. The summed E-state index contributed by atoms with van der Waals surface area (Å²) in [7, 11) is 1.48. The first-order valence-corrected chi connectivity index (χ1v) is 20.3. The Morgan fingerprint density at radius 2 is 1.93 bits per heavy atom. The van der Waals surface area contributed by atoms with Crippen LogP contribution in [0.3, 0.4) is 0 Å². The Hall–Kier alpha value is -6.00. The summed E-state index contributed by atoms with van der Waals surface area (Å²) in [5, 5.41) is 38.1. The van der Waals surface area contributed by atoms with Crippen LogP contribution >= 0.6 is 23.1 Å². The maximum absolute atomic E-state index is 15.3. The van der Waals surface area contributed by atoms with Gasteiger partial charge >= 0.3 is 17.9 Å². The lowest BCUT2D eigenvalue weighted by atomic mass is 9.94. The summed E-state index contributed by atoms with van der Waals surface area (Å²) >= 11 is 2.30. The molecule has 3 saturated heterocycles. The molecule has 5 aliphatic rings. The van der Waals surface area contributed by atoms with Gasteiger partial charge in [-0.25, -0.2) is 23.8 Å². The highest BCUT2D eigenvalue weighted by Gasteiger charge is 2.54. The number of hydrogen-bond donors (Lipinski definition) is 6. The number of allylic oxidation sites excluding steroid dienone is 1. The van der Waals surface area contributed by atoms with Gasteiger partial charge in [-0.1, -0.05) is 17.8 Å². The number of oxime groups is 1. The van der Waals surface area contributed by atoms with Crippen LogP contribution in [0.4, 0.5) is 15.2 Å². The Labute approximate surface area is 342 Å². The van der Waals surface area contributed by atoms with E-state index >= 15 is 4.39 Å². The number of nitrogen functional groups attached to an aromatic ring is 1. The normalized spacial score (nSPS) is 22.4. The zero-order valence-electron chi connectivity index (χ0n) is 31.4. The van der Waals surface area contributed by atoms with Gasteiger partial charge < -0.3 is 50.7 Å². The van der Waals surface area contributed by atoms with Gasteiger partial charge in [0.1, 0.15) is 34.1 Å². The van der Waals surface area contributed by atoms with Crippen molar-refractivity contribution in [1.29, 1.82) is 0 Å². The number of nitrogens with zero attached hydrogens (tertiary/aromatic N) is 5. The number of thiazole rings is 1. The first kappa shape index (κ1) is 41.2. The van der Waals surface area contributed by atoms with Crippen molar-refractivity contribution in [2.45, 2.75) is 49.2 Å². The summed E-state index contributed by atoms with van der Waals surface area (Å²) in [5.74, 6) is -4.79. The van der Waals surface area contributed by atoms with E-state index < -0.39 is 59.0 Å². The molecule has 0 unspecified atom stereocenters. The summed E-state index contributed by atoms with van der Waals surface area (Å²) in [5.41, 5.74) is 5.32. The molecule has 312 valence electrons. The lowest BCUT2D eigenvalue weighted by Crippen LogP contribution is -2.71. The van der Waals surface area contributed by atoms with Gasteiger partial charge in [0, 0.05) is 42.5 Å². The predicted molar refractivity (Wildman–Crippen MR) is 213 cm³/mol. The second-order valence-corrected chi connectivity index (χ2v) is 16.2. The first-order chi connectivity index (χ1) is 28.2. The Bertz CT molecular complexity index is 2380. The van der Waals surface area contributed by atoms with E-state index in [1.54, 1.807) is 4.57 Å². The number of fused-ring (bicyclic) bond motifs is 3. The fourth-order valence-corrected chi connectivity index (χ4v) is 9.60. The van der Waals surface area contributed by atoms with Crippen molar-refractivity contribution in [3.05, 3.63) is 68.9 Å². The number of ether oxygens (including phenoxy) is 1. The molecule has 59 heavy (non-hydrogen) atoms. The Morgan fingerprint density at radius 3 is 2.54 bits per heavy atom. The molecule has 0 bridgehead atoms. The minimum atomic E-state index is -1.30. The van der Waals surface area contributed by atoms with Crippen LogP contribution in [0.15, 0.2) is 51.5 Å². The SMILES string of the molecule is C=CC1=C(C(=O)O)N2C(=O)[C@@H](NC(=O)/C(=N\OCC(=O)O)c3csc(N)n3)[C@H]2SC1.COc1c(N2C[C@@H]3CCCN[C@@H]3C2)c(F)cc2c(=O)c(C(=O)O)cn(C3CC3)c12. The number of anilines is 2. The van der Waals surface area contributed by atoms with Crippen LogP contribution in [-0.2, 0) is 24.0 Å². The number of nitrogens with two attached hydrogens (primary N) is 1. The van der Waals surface area contributed by atoms with Crippen LogP contribution in [0.5, 0.6) is 5.75 Å². The molecule has 0 radical (unpaired) electrons. The smallest absolute Gasteiger partial charge is 0.352 e. The number of halogens is 1. The Balaban J connectivity index is 0.000000179. The summed E-state index contributed by atoms with van der Waals surface area (Å²) in [6.07, 6.45) is 6.78. The zero-order chi connectivity index (χ0) is 42.3. The van der Waals surface area contributed by atoms with Crippen LogP contribution in [0, 0.1) is 11.7 Å². The van der Waals surface area contributed by atoms with E-state index in [0.29, 0.717) is 46.8 Å². The molecule has 1 saturated carbocycles. The van der Waals surface area contributed by atoms with E-state index in [1.165, 1.54) is 42.6 Å². The molecule has 1 aromatic carbocycles. The van der Waals surface area contributed by atoms with Gasteiger partial charge in [0.15, 0.2) is 22.4 Å². The van der Waals surface area contributed by atoms with Crippen molar-refractivity contribution < 1.29 is 53.3 Å². The molecule has 4 aliphatic heterocycles. The number of aliphatic carboxylic acids is 2. The molecule has 3 aromatic rings. The second-order valence-electron chi connectivity index (χ2n) is 14.2. The van der Waals surface area contributed by atoms with E-state index in [-0.39, 0.29) is 39.2 Å². The molecule has 19 nitrogen and oxygen atoms in total. The van der Waals surface area contributed by atoms with Crippen LogP contribution in [0.25, 0.3) is 10.9 Å². The van der Waals surface area contributed by atoms with Crippen molar-refractivity contribution in [2.75, 3.05) is 49.7 Å². The van der Waals surface area contributed by atoms with Gasteiger partial charge in [-0.3, -0.25) is 19.3 Å². The number of benzene rings is 1. The fraction of sp³-hybridized carbons (Fsp3) is 0.405. The van der Waals surface area contributed by atoms with Crippen LogP contribution in [0.2, 0.25) is 0 Å². The minimum Gasteiger partial charge on any atom is -0.492 e. The van der Waals surface area contributed by atoms with Gasteiger partial charge in [-0.15, -0.1) is 23.1 Å². The maximum Gasteiger partial charge on any atom is 0.352 e. The molecule has 6 heterocycles. The van der Waals surface area contributed by atoms with E-state index in [0.717, 1.165) is 55.0 Å². The van der Waals surface area contributed by atoms with Crippen molar-refractivity contribution in [3.63, 3.8) is 0 Å².